The summed E-state index contributed by atoms with van der Waals surface area (Å²) < 4.78 is 15.0. The number of Topliss-reactive ketones (excluding diaryl/α,β-unsaturated/α-hetero) is 1. The van der Waals surface area contributed by atoms with Gasteiger partial charge in [-0.3, -0.25) is 9.69 Å². The lowest BCUT2D eigenvalue weighted by molar-refractivity contribution is 0.0965. The second-order valence-electron chi connectivity index (χ2n) is 8.73. The normalized spacial score (nSPS) is 22.2. The molecule has 2 aliphatic rings. The van der Waals surface area contributed by atoms with Crippen LogP contribution in [0.25, 0.3) is 0 Å². The number of hydrogen-bond acceptors (Lipinski definition) is 5. The van der Waals surface area contributed by atoms with Gasteiger partial charge in [-0.25, -0.2) is 9.18 Å². The topological polar surface area (TPSA) is 61.7 Å². The van der Waals surface area contributed by atoms with Crippen LogP contribution in [0, 0.1) is 6.92 Å². The number of halogens is 1. The number of benzene rings is 1. The molecule has 166 valence electrons. The number of carbonyl (C=O) groups is 2. The van der Waals surface area contributed by atoms with E-state index in [0.29, 0.717) is 25.2 Å². The zero-order chi connectivity index (χ0) is 22.1. The van der Waals surface area contributed by atoms with Gasteiger partial charge in [0.05, 0.1) is 0 Å². The van der Waals surface area contributed by atoms with Gasteiger partial charge in [-0.15, -0.1) is 0 Å². The molecule has 31 heavy (non-hydrogen) atoms. The van der Waals surface area contributed by atoms with Gasteiger partial charge < -0.3 is 9.80 Å². The first-order valence-electron chi connectivity index (χ1n) is 10.9. The number of carbonyl (C=O) groups excluding carboxylic acids is 2. The molecule has 2 atom stereocenters. The summed E-state index contributed by atoms with van der Waals surface area (Å²) in [7, 11) is 0. The lowest BCUT2D eigenvalue weighted by Gasteiger charge is -2.40. The average molecular weight is 428 g/mol. The fourth-order valence-corrected chi connectivity index (χ4v) is 4.49. The Kier molecular flexibility index (Phi) is 6.09. The molecule has 4 rings (SSSR count). The Morgan fingerprint density at radius 1 is 1.16 bits per heavy atom. The van der Waals surface area contributed by atoms with Gasteiger partial charge in [0.1, 0.15) is 11.9 Å². The predicted molar refractivity (Wildman–Crippen MR) is 117 cm³/mol. The van der Waals surface area contributed by atoms with Crippen molar-refractivity contribution in [3.63, 3.8) is 0 Å². The van der Waals surface area contributed by atoms with Gasteiger partial charge in [-0.1, -0.05) is 12.1 Å². The number of aromatic nitrogens is 2. The van der Waals surface area contributed by atoms with Crippen LogP contribution in [-0.4, -0.2) is 76.3 Å². The van der Waals surface area contributed by atoms with Gasteiger partial charge in [0.15, 0.2) is 5.78 Å². The highest BCUT2D eigenvalue weighted by Crippen LogP contribution is 2.28. The summed E-state index contributed by atoms with van der Waals surface area (Å²) in [5.41, 5.74) is 3.79. The number of nitrogens with zero attached hydrogens (tertiary/aromatic N) is 5. The van der Waals surface area contributed by atoms with Gasteiger partial charge >= 0.3 is 6.03 Å². The SMILES string of the molecule is CC(=O)c1ccn(C(=O)N2CCN(Cc3ccc(C)cc3N3CC[C@H](F)C3)C[C@@H]2C)n1. The summed E-state index contributed by atoms with van der Waals surface area (Å²) in [5.74, 6) is -0.157. The van der Waals surface area contributed by atoms with Gasteiger partial charge in [-0.05, 0) is 43.5 Å². The maximum absolute atomic E-state index is 13.8. The largest absolute Gasteiger partial charge is 0.368 e. The summed E-state index contributed by atoms with van der Waals surface area (Å²) in [6.07, 6.45) is 1.38. The smallest absolute Gasteiger partial charge is 0.344 e. The van der Waals surface area contributed by atoms with Crippen molar-refractivity contribution in [3.8, 4) is 0 Å². The average Bonchev–Trinajstić information content (AvgIpc) is 3.38. The molecule has 3 heterocycles. The van der Waals surface area contributed by atoms with Crippen LogP contribution < -0.4 is 4.90 Å². The molecule has 0 aliphatic carbocycles. The minimum absolute atomic E-state index is 0.0159. The van der Waals surface area contributed by atoms with E-state index in [1.807, 2.05) is 6.92 Å². The van der Waals surface area contributed by atoms with Crippen LogP contribution >= 0.6 is 0 Å². The lowest BCUT2D eigenvalue weighted by Crippen LogP contribution is -2.54. The summed E-state index contributed by atoms with van der Waals surface area (Å²) in [5, 5.41) is 4.10. The van der Waals surface area contributed by atoms with Crippen molar-refractivity contribution in [2.75, 3.05) is 37.6 Å². The number of rotatable bonds is 4. The molecule has 0 N–H and O–H groups in total. The van der Waals surface area contributed by atoms with E-state index in [0.717, 1.165) is 31.9 Å². The second kappa shape index (κ2) is 8.78. The molecule has 7 nitrogen and oxygen atoms in total. The molecule has 2 fully saturated rings. The monoisotopic (exact) mass is 427 g/mol. The van der Waals surface area contributed by atoms with E-state index in [-0.39, 0.29) is 17.9 Å². The Labute approximate surface area is 182 Å². The van der Waals surface area contributed by atoms with Crippen LogP contribution in [-0.2, 0) is 6.54 Å². The zero-order valence-corrected chi connectivity index (χ0v) is 18.4. The summed E-state index contributed by atoms with van der Waals surface area (Å²) >= 11 is 0. The molecular formula is C23H30FN5O2. The van der Waals surface area contributed by atoms with Crippen molar-refractivity contribution in [2.45, 2.75) is 46.0 Å². The zero-order valence-electron chi connectivity index (χ0n) is 18.4. The minimum atomic E-state index is -0.756. The first-order valence-corrected chi connectivity index (χ1v) is 10.9. The Morgan fingerprint density at radius 3 is 2.61 bits per heavy atom. The van der Waals surface area contributed by atoms with Crippen molar-refractivity contribution in [2.24, 2.45) is 0 Å². The molecule has 0 bridgehead atoms. The Hall–Kier alpha value is -2.74. The lowest BCUT2D eigenvalue weighted by atomic mass is 10.1. The Bertz CT molecular complexity index is 975. The quantitative estimate of drug-likeness (QED) is 0.702. The van der Waals surface area contributed by atoms with E-state index in [4.69, 9.17) is 0 Å². The highest BCUT2D eigenvalue weighted by Gasteiger charge is 2.30. The molecule has 0 unspecified atom stereocenters. The van der Waals surface area contributed by atoms with Crippen LogP contribution in [0.15, 0.2) is 30.5 Å². The maximum atomic E-state index is 13.8. The molecular weight excluding hydrogens is 397 g/mol. The molecule has 2 saturated heterocycles. The summed E-state index contributed by atoms with van der Waals surface area (Å²) in [6, 6.07) is 7.78. The van der Waals surface area contributed by atoms with Crippen molar-refractivity contribution < 1.29 is 14.0 Å². The molecule has 1 aromatic carbocycles. The maximum Gasteiger partial charge on any atom is 0.344 e. The molecule has 8 heteroatoms. The highest BCUT2D eigenvalue weighted by atomic mass is 19.1. The molecule has 0 saturated carbocycles. The fourth-order valence-electron chi connectivity index (χ4n) is 4.49. The van der Waals surface area contributed by atoms with Crippen LogP contribution in [0.1, 0.15) is 41.9 Å². The van der Waals surface area contributed by atoms with Crippen molar-refractivity contribution in [1.82, 2.24) is 19.6 Å². The van der Waals surface area contributed by atoms with Gasteiger partial charge in [0, 0.05) is 64.1 Å². The number of ketones is 1. The molecule has 1 aromatic heterocycles. The minimum Gasteiger partial charge on any atom is -0.368 e. The molecule has 1 amide bonds. The van der Waals surface area contributed by atoms with Crippen LogP contribution in [0.5, 0.6) is 0 Å². The number of alkyl halides is 1. The van der Waals surface area contributed by atoms with Crippen molar-refractivity contribution in [3.05, 3.63) is 47.3 Å². The van der Waals surface area contributed by atoms with Gasteiger partial charge in [0.25, 0.3) is 0 Å². The van der Waals surface area contributed by atoms with E-state index in [9.17, 15) is 14.0 Å². The molecule has 2 aromatic rings. The Morgan fingerprint density at radius 2 is 1.97 bits per heavy atom. The van der Waals surface area contributed by atoms with E-state index in [1.54, 1.807) is 17.2 Å². The Balaban J connectivity index is 1.42. The first kappa shape index (κ1) is 21.5. The number of aryl methyl sites for hydroxylation is 1. The highest BCUT2D eigenvalue weighted by molar-refractivity contribution is 5.92. The third kappa shape index (κ3) is 4.63. The number of amides is 1. The fraction of sp³-hybridized carbons (Fsp3) is 0.522. The van der Waals surface area contributed by atoms with Crippen molar-refractivity contribution in [1.29, 1.82) is 0 Å². The number of hydrogen-bond donors (Lipinski definition) is 0. The summed E-state index contributed by atoms with van der Waals surface area (Å²) in [4.78, 5) is 30.6. The number of anilines is 1. The third-order valence-electron chi connectivity index (χ3n) is 6.21. The molecule has 0 spiro atoms. The van der Waals surface area contributed by atoms with E-state index < -0.39 is 6.17 Å². The van der Waals surface area contributed by atoms with Crippen LogP contribution in [0.4, 0.5) is 14.9 Å². The van der Waals surface area contributed by atoms with E-state index >= 15 is 0 Å². The molecule has 0 radical (unpaired) electrons. The second-order valence-corrected chi connectivity index (χ2v) is 8.73. The van der Waals surface area contributed by atoms with Crippen molar-refractivity contribution >= 4 is 17.5 Å². The van der Waals surface area contributed by atoms with E-state index in [1.165, 1.54) is 22.7 Å². The molecule has 2 aliphatic heterocycles. The summed E-state index contributed by atoms with van der Waals surface area (Å²) in [6.45, 7) is 9.59. The first-order chi connectivity index (χ1) is 14.8. The standard InChI is InChI=1S/C23H30FN5O2/c1-16-4-5-19(22(12-16)27-8-6-20(24)15-27)14-26-10-11-28(17(2)13-26)23(31)29-9-7-21(25-29)18(3)30/h4-5,7,9,12,17,20H,6,8,10-11,13-15H2,1-3H3/t17-,20-/m0/s1. The predicted octanol–water partition coefficient (Wildman–Crippen LogP) is 3.12. The van der Waals surface area contributed by atoms with Crippen LogP contribution in [0.3, 0.4) is 0 Å². The van der Waals surface area contributed by atoms with Gasteiger partial charge in [0.2, 0.25) is 0 Å². The van der Waals surface area contributed by atoms with E-state index in [2.05, 4.69) is 40.0 Å². The number of piperazine rings is 1. The van der Waals surface area contributed by atoms with Gasteiger partial charge in [-0.2, -0.15) is 9.78 Å². The third-order valence-corrected chi connectivity index (χ3v) is 6.21. The van der Waals surface area contributed by atoms with Crippen LogP contribution in [0.2, 0.25) is 0 Å².